The molecule has 0 rings (SSSR count). The van der Waals surface area contributed by atoms with Gasteiger partial charge in [-0.25, -0.2) is 4.21 Å². The smallest absolute Gasteiger partial charge is 0.234 e. The van der Waals surface area contributed by atoms with Crippen LogP contribution in [0, 0.1) is 0 Å². The molecule has 0 saturated heterocycles. The molecule has 1 atom stereocenters. The standard InChI is InChI=1S/C3H7NO3S/c1-4(2-3-5)8(6)7/h3H,2H2,1H3,(H,6,7). The van der Waals surface area contributed by atoms with Crippen molar-refractivity contribution in [2.75, 3.05) is 13.6 Å². The third-order valence-electron chi connectivity index (χ3n) is 0.598. The molecule has 5 heteroatoms. The van der Waals surface area contributed by atoms with Gasteiger partial charge in [0.25, 0.3) is 0 Å². The molecule has 8 heavy (non-hydrogen) atoms. The molecule has 0 fully saturated rings. The Balaban J connectivity index is 3.46. The van der Waals surface area contributed by atoms with Crippen molar-refractivity contribution in [2.45, 2.75) is 0 Å². The Morgan fingerprint density at radius 2 is 2.38 bits per heavy atom. The van der Waals surface area contributed by atoms with Crippen LogP contribution in [0.5, 0.6) is 0 Å². The molecule has 0 heterocycles. The van der Waals surface area contributed by atoms with E-state index in [4.69, 9.17) is 4.55 Å². The molecule has 4 nitrogen and oxygen atoms in total. The van der Waals surface area contributed by atoms with Crippen molar-refractivity contribution in [1.29, 1.82) is 0 Å². The highest BCUT2D eigenvalue weighted by Crippen LogP contribution is 1.80. The van der Waals surface area contributed by atoms with Gasteiger partial charge in [-0.3, -0.25) is 4.55 Å². The Bertz CT molecular complexity index is 105. The van der Waals surface area contributed by atoms with Crippen LogP contribution in [0.2, 0.25) is 0 Å². The average molecular weight is 137 g/mol. The Morgan fingerprint density at radius 1 is 1.88 bits per heavy atom. The van der Waals surface area contributed by atoms with Gasteiger partial charge >= 0.3 is 0 Å². The molecule has 1 N–H and O–H groups in total. The summed E-state index contributed by atoms with van der Waals surface area (Å²) in [6, 6.07) is 0. The molecule has 0 spiro atoms. The van der Waals surface area contributed by atoms with E-state index in [-0.39, 0.29) is 6.54 Å². The number of carbonyl (C=O) groups excluding carboxylic acids is 1. The van der Waals surface area contributed by atoms with Gasteiger partial charge in [0, 0.05) is 7.05 Å². The van der Waals surface area contributed by atoms with Gasteiger partial charge in [-0.15, -0.1) is 0 Å². The highest BCUT2D eigenvalue weighted by Gasteiger charge is 1.99. The summed E-state index contributed by atoms with van der Waals surface area (Å²) in [7, 11) is 1.38. The molecule has 0 aliphatic heterocycles. The lowest BCUT2D eigenvalue weighted by Crippen LogP contribution is -2.22. The van der Waals surface area contributed by atoms with Crippen LogP contribution in [0.1, 0.15) is 0 Å². The number of aldehydes is 1. The minimum atomic E-state index is -2.01. The second-order valence-electron chi connectivity index (χ2n) is 1.21. The maximum absolute atomic E-state index is 9.97. The van der Waals surface area contributed by atoms with E-state index in [0.29, 0.717) is 6.29 Å². The largest absolute Gasteiger partial charge is 0.302 e. The van der Waals surface area contributed by atoms with Crippen molar-refractivity contribution < 1.29 is 13.6 Å². The van der Waals surface area contributed by atoms with Crippen LogP contribution < -0.4 is 0 Å². The molecule has 0 aliphatic rings. The first-order valence-electron chi connectivity index (χ1n) is 1.94. The van der Waals surface area contributed by atoms with Crippen LogP contribution >= 0.6 is 0 Å². The lowest BCUT2D eigenvalue weighted by Gasteiger charge is -2.03. The Kier molecular flexibility index (Phi) is 3.59. The van der Waals surface area contributed by atoms with Gasteiger partial charge in [0.2, 0.25) is 11.3 Å². The summed E-state index contributed by atoms with van der Waals surface area (Å²) < 4.78 is 19.2. The lowest BCUT2D eigenvalue weighted by atomic mass is 10.7. The molecule has 0 saturated carbocycles. The zero-order chi connectivity index (χ0) is 6.57. The van der Waals surface area contributed by atoms with Crippen LogP contribution in [-0.2, 0) is 16.1 Å². The summed E-state index contributed by atoms with van der Waals surface area (Å²) in [5.74, 6) is 0. The summed E-state index contributed by atoms with van der Waals surface area (Å²) >= 11 is -2.01. The minimum Gasteiger partial charge on any atom is -0.302 e. The monoisotopic (exact) mass is 137 g/mol. The van der Waals surface area contributed by atoms with E-state index in [1.165, 1.54) is 7.05 Å². The summed E-state index contributed by atoms with van der Waals surface area (Å²) in [5.41, 5.74) is 0. The van der Waals surface area contributed by atoms with E-state index in [1.54, 1.807) is 0 Å². The van der Waals surface area contributed by atoms with Crippen molar-refractivity contribution >= 4 is 17.6 Å². The first-order chi connectivity index (χ1) is 3.68. The Labute approximate surface area is 49.9 Å². The normalized spacial score (nSPS) is 13.9. The van der Waals surface area contributed by atoms with E-state index < -0.39 is 11.3 Å². The van der Waals surface area contributed by atoms with Crippen molar-refractivity contribution in [3.05, 3.63) is 0 Å². The summed E-state index contributed by atoms with van der Waals surface area (Å²) in [5, 5.41) is 0. The highest BCUT2D eigenvalue weighted by atomic mass is 32.2. The minimum absolute atomic E-state index is 0.0108. The van der Waals surface area contributed by atoms with E-state index >= 15 is 0 Å². The third kappa shape index (κ3) is 2.84. The number of likely N-dealkylation sites (N-methyl/N-ethyl adjacent to an activating group) is 1. The molecule has 0 aromatic carbocycles. The third-order valence-corrected chi connectivity index (χ3v) is 1.28. The number of nitrogens with zero attached hydrogens (tertiary/aromatic N) is 1. The molecule has 0 aromatic rings. The van der Waals surface area contributed by atoms with Gasteiger partial charge in [0.05, 0.1) is 6.54 Å². The number of hydrogen-bond acceptors (Lipinski definition) is 2. The van der Waals surface area contributed by atoms with Crippen LogP contribution in [0.25, 0.3) is 0 Å². The van der Waals surface area contributed by atoms with Crippen LogP contribution in [-0.4, -0.2) is 32.9 Å². The lowest BCUT2D eigenvalue weighted by molar-refractivity contribution is -0.107. The van der Waals surface area contributed by atoms with E-state index in [9.17, 15) is 9.00 Å². The number of hydrogen-bond donors (Lipinski definition) is 1. The van der Waals surface area contributed by atoms with Gasteiger partial charge in [0.1, 0.15) is 6.29 Å². The predicted molar refractivity (Wildman–Crippen MR) is 29.5 cm³/mol. The van der Waals surface area contributed by atoms with E-state index in [0.717, 1.165) is 4.31 Å². The van der Waals surface area contributed by atoms with Gasteiger partial charge in [-0.05, 0) is 0 Å². The molecule has 1 unspecified atom stereocenters. The van der Waals surface area contributed by atoms with Crippen molar-refractivity contribution in [2.24, 2.45) is 0 Å². The molecular weight excluding hydrogens is 130 g/mol. The molecule has 0 aliphatic carbocycles. The fraction of sp³-hybridized carbons (Fsp3) is 0.667. The van der Waals surface area contributed by atoms with Crippen LogP contribution in [0.3, 0.4) is 0 Å². The quantitative estimate of drug-likeness (QED) is 0.411. The molecule has 0 radical (unpaired) electrons. The van der Waals surface area contributed by atoms with Gasteiger partial charge < -0.3 is 4.79 Å². The maximum Gasteiger partial charge on any atom is 0.234 e. The second kappa shape index (κ2) is 3.71. The van der Waals surface area contributed by atoms with E-state index in [1.807, 2.05) is 0 Å². The second-order valence-corrected chi connectivity index (χ2v) is 2.29. The fourth-order valence-corrected chi connectivity index (χ4v) is 0.357. The molecule has 48 valence electrons. The average Bonchev–Trinajstić information content (AvgIpc) is 1.67. The molecular formula is C3H7NO3S. The zero-order valence-electron chi connectivity index (χ0n) is 4.40. The molecule has 0 bridgehead atoms. The van der Waals surface area contributed by atoms with Crippen molar-refractivity contribution in [3.8, 4) is 0 Å². The van der Waals surface area contributed by atoms with Gasteiger partial charge in [0.15, 0.2) is 0 Å². The predicted octanol–water partition coefficient (Wildman–Crippen LogP) is -0.746. The van der Waals surface area contributed by atoms with Crippen molar-refractivity contribution in [3.63, 3.8) is 0 Å². The highest BCUT2D eigenvalue weighted by molar-refractivity contribution is 7.76. The van der Waals surface area contributed by atoms with Gasteiger partial charge in [-0.1, -0.05) is 0 Å². The Hall–Kier alpha value is -0.260. The summed E-state index contributed by atoms with van der Waals surface area (Å²) in [6.07, 6.45) is 0.564. The van der Waals surface area contributed by atoms with E-state index in [2.05, 4.69) is 0 Å². The topological polar surface area (TPSA) is 57.6 Å². The molecule has 0 aromatic heterocycles. The first-order valence-corrected chi connectivity index (χ1v) is 3.00. The van der Waals surface area contributed by atoms with Crippen LogP contribution in [0.4, 0.5) is 0 Å². The van der Waals surface area contributed by atoms with Crippen molar-refractivity contribution in [1.82, 2.24) is 4.31 Å². The summed E-state index contributed by atoms with van der Waals surface area (Å²) in [4.78, 5) is 9.63. The summed E-state index contributed by atoms with van der Waals surface area (Å²) in [6.45, 7) is -0.0108. The van der Waals surface area contributed by atoms with Crippen LogP contribution in [0.15, 0.2) is 0 Å². The first kappa shape index (κ1) is 7.74. The zero-order valence-corrected chi connectivity index (χ0v) is 5.22. The Morgan fingerprint density at radius 3 is 2.50 bits per heavy atom. The molecule has 0 amide bonds. The number of rotatable bonds is 3. The van der Waals surface area contributed by atoms with Gasteiger partial charge in [-0.2, -0.15) is 4.31 Å². The fourth-order valence-electron chi connectivity index (χ4n) is 0.169. The number of carbonyl (C=O) groups is 1. The SMILES string of the molecule is CN(CC=O)S(=O)O. The maximum atomic E-state index is 9.97.